The minimum atomic E-state index is -3.80. The predicted molar refractivity (Wildman–Crippen MR) is 103 cm³/mol. The van der Waals surface area contributed by atoms with Crippen LogP contribution in [0, 0.1) is 11.2 Å². The highest BCUT2D eigenvalue weighted by atomic mass is 35.5. The SMILES string of the molecule is COC[C@@]1(C(N)=S)[C@H](S(=O)(=O)c2ccc(Cl)cc2)[C@@H]1c1cccc(F)c1. The molecule has 4 nitrogen and oxygen atoms in total. The molecule has 0 heterocycles. The first kappa shape index (κ1) is 19.2. The van der Waals surface area contributed by atoms with Crippen molar-refractivity contribution >= 4 is 38.6 Å². The number of nitrogens with two attached hydrogens (primary N) is 1. The Morgan fingerprint density at radius 1 is 1.31 bits per heavy atom. The van der Waals surface area contributed by atoms with Crippen LogP contribution < -0.4 is 5.73 Å². The standard InChI is InChI=1S/C18H17ClFNO3S2/c1-24-10-18(17(21)25)15(11-3-2-4-13(20)9-11)16(18)26(22,23)14-7-5-12(19)6-8-14/h2-9,15-16H,10H2,1H3,(H2,21,25)/t15-,16+,18-/m0/s1. The molecule has 2 aromatic carbocycles. The zero-order valence-electron chi connectivity index (χ0n) is 13.9. The number of rotatable bonds is 6. The van der Waals surface area contributed by atoms with E-state index in [2.05, 4.69) is 0 Å². The molecule has 3 rings (SSSR count). The summed E-state index contributed by atoms with van der Waals surface area (Å²) in [6.45, 7) is 0.0288. The zero-order valence-corrected chi connectivity index (χ0v) is 16.2. The van der Waals surface area contributed by atoms with Crippen molar-refractivity contribution in [3.05, 3.63) is 64.9 Å². The summed E-state index contributed by atoms with van der Waals surface area (Å²) < 4.78 is 45.5. The number of methoxy groups -OCH3 is 1. The molecule has 0 aromatic heterocycles. The topological polar surface area (TPSA) is 69.4 Å². The van der Waals surface area contributed by atoms with Crippen LogP contribution in [-0.4, -0.2) is 32.4 Å². The van der Waals surface area contributed by atoms with Gasteiger partial charge in [0.25, 0.3) is 0 Å². The number of ether oxygens (including phenoxy) is 1. The Kier molecular flexibility index (Phi) is 5.09. The first-order chi connectivity index (χ1) is 12.2. The molecule has 138 valence electrons. The van der Waals surface area contributed by atoms with Crippen molar-refractivity contribution in [3.63, 3.8) is 0 Å². The molecule has 0 amide bonds. The van der Waals surface area contributed by atoms with Crippen molar-refractivity contribution < 1.29 is 17.5 Å². The van der Waals surface area contributed by atoms with Crippen LogP contribution in [-0.2, 0) is 14.6 Å². The predicted octanol–water partition coefficient (Wildman–Crippen LogP) is 3.34. The first-order valence-electron chi connectivity index (χ1n) is 7.79. The highest BCUT2D eigenvalue weighted by Gasteiger charge is 2.73. The van der Waals surface area contributed by atoms with E-state index in [1.807, 2.05) is 0 Å². The van der Waals surface area contributed by atoms with Gasteiger partial charge in [0.15, 0.2) is 9.84 Å². The van der Waals surface area contributed by atoms with Crippen LogP contribution in [0.1, 0.15) is 11.5 Å². The van der Waals surface area contributed by atoms with E-state index in [4.69, 9.17) is 34.3 Å². The molecule has 0 radical (unpaired) electrons. The molecule has 1 fully saturated rings. The second-order valence-electron chi connectivity index (χ2n) is 6.29. The van der Waals surface area contributed by atoms with Gasteiger partial charge < -0.3 is 10.5 Å². The molecule has 1 saturated carbocycles. The lowest BCUT2D eigenvalue weighted by Gasteiger charge is -2.16. The fraction of sp³-hybridized carbons (Fsp3) is 0.278. The average Bonchev–Trinajstić information content (AvgIpc) is 3.27. The molecule has 8 heteroatoms. The Hall–Kier alpha value is -1.54. The highest BCUT2D eigenvalue weighted by molar-refractivity contribution is 7.92. The van der Waals surface area contributed by atoms with Gasteiger partial charge in [0.2, 0.25) is 0 Å². The van der Waals surface area contributed by atoms with Crippen molar-refractivity contribution in [1.29, 1.82) is 0 Å². The van der Waals surface area contributed by atoms with Crippen LogP contribution in [0.15, 0.2) is 53.4 Å². The van der Waals surface area contributed by atoms with E-state index in [0.29, 0.717) is 10.6 Å². The van der Waals surface area contributed by atoms with Crippen LogP contribution >= 0.6 is 23.8 Å². The smallest absolute Gasteiger partial charge is 0.182 e. The van der Waals surface area contributed by atoms with Crippen LogP contribution in [0.5, 0.6) is 0 Å². The molecule has 3 atom stereocenters. The summed E-state index contributed by atoms with van der Waals surface area (Å²) in [5.74, 6) is -1.04. The minimum Gasteiger partial charge on any atom is -0.393 e. The second kappa shape index (κ2) is 6.88. The number of benzene rings is 2. The lowest BCUT2D eigenvalue weighted by molar-refractivity contribution is 0.166. The number of hydrogen-bond donors (Lipinski definition) is 1. The Bertz CT molecular complexity index is 949. The lowest BCUT2D eigenvalue weighted by Crippen LogP contribution is -2.33. The van der Waals surface area contributed by atoms with Gasteiger partial charge in [-0.25, -0.2) is 12.8 Å². The fourth-order valence-corrected chi connectivity index (χ4v) is 6.48. The summed E-state index contributed by atoms with van der Waals surface area (Å²) in [6.07, 6.45) is 0. The molecule has 0 bridgehead atoms. The molecule has 2 aromatic rings. The van der Waals surface area contributed by atoms with Gasteiger partial charge in [-0.15, -0.1) is 0 Å². The lowest BCUT2D eigenvalue weighted by atomic mass is 10.00. The maximum Gasteiger partial charge on any atom is 0.182 e. The monoisotopic (exact) mass is 413 g/mol. The normalized spacial score (nSPS) is 25.0. The summed E-state index contributed by atoms with van der Waals surface area (Å²) in [5, 5.41) is -0.505. The van der Waals surface area contributed by atoms with E-state index in [0.717, 1.165) is 0 Å². The Morgan fingerprint density at radius 2 is 1.96 bits per heavy atom. The van der Waals surface area contributed by atoms with Gasteiger partial charge in [-0.2, -0.15) is 0 Å². The van der Waals surface area contributed by atoms with Gasteiger partial charge in [0, 0.05) is 18.1 Å². The van der Waals surface area contributed by atoms with Gasteiger partial charge in [-0.05, 0) is 42.0 Å². The average molecular weight is 414 g/mol. The van der Waals surface area contributed by atoms with Gasteiger partial charge in [-0.1, -0.05) is 36.0 Å². The summed E-state index contributed by atoms with van der Waals surface area (Å²) in [6, 6.07) is 11.7. The molecule has 0 spiro atoms. The van der Waals surface area contributed by atoms with Crippen LogP contribution in [0.2, 0.25) is 5.02 Å². The Morgan fingerprint density at radius 3 is 2.50 bits per heavy atom. The molecule has 0 saturated heterocycles. The van der Waals surface area contributed by atoms with Crippen molar-refractivity contribution in [1.82, 2.24) is 0 Å². The third-order valence-electron chi connectivity index (χ3n) is 4.78. The molecular weight excluding hydrogens is 397 g/mol. The van der Waals surface area contributed by atoms with E-state index < -0.39 is 32.2 Å². The van der Waals surface area contributed by atoms with Crippen LogP contribution in [0.25, 0.3) is 0 Å². The molecule has 1 aliphatic carbocycles. The van der Waals surface area contributed by atoms with Crippen LogP contribution in [0.3, 0.4) is 0 Å². The maximum absolute atomic E-state index is 13.7. The van der Waals surface area contributed by atoms with Gasteiger partial charge >= 0.3 is 0 Å². The largest absolute Gasteiger partial charge is 0.393 e. The number of sulfone groups is 1. The van der Waals surface area contributed by atoms with Gasteiger partial charge in [0.1, 0.15) is 5.82 Å². The van der Waals surface area contributed by atoms with Crippen molar-refractivity contribution in [2.75, 3.05) is 13.7 Å². The third-order valence-corrected chi connectivity index (χ3v) is 7.71. The second-order valence-corrected chi connectivity index (χ2v) is 9.24. The Balaban J connectivity index is 2.13. The van der Waals surface area contributed by atoms with E-state index in [9.17, 15) is 12.8 Å². The summed E-state index contributed by atoms with van der Waals surface area (Å²) in [7, 11) is -2.34. The first-order valence-corrected chi connectivity index (χ1v) is 10.1. The van der Waals surface area contributed by atoms with Crippen molar-refractivity contribution in [2.24, 2.45) is 11.1 Å². The summed E-state index contributed by atoms with van der Waals surface area (Å²) in [5.41, 5.74) is 5.38. The van der Waals surface area contributed by atoms with Crippen molar-refractivity contribution in [2.45, 2.75) is 16.1 Å². The fourth-order valence-electron chi connectivity index (χ4n) is 3.58. The van der Waals surface area contributed by atoms with E-state index in [1.165, 1.54) is 49.6 Å². The third kappa shape index (κ3) is 3.03. The van der Waals surface area contributed by atoms with E-state index >= 15 is 0 Å². The number of halogens is 2. The van der Waals surface area contributed by atoms with E-state index in [1.54, 1.807) is 6.07 Å². The summed E-state index contributed by atoms with van der Waals surface area (Å²) >= 11 is 11.1. The van der Waals surface area contributed by atoms with Crippen LogP contribution in [0.4, 0.5) is 4.39 Å². The number of hydrogen-bond acceptors (Lipinski definition) is 4. The number of thiocarbonyl (C=S) groups is 1. The minimum absolute atomic E-state index is 0.0288. The molecule has 1 aliphatic rings. The molecule has 0 unspecified atom stereocenters. The van der Waals surface area contributed by atoms with Gasteiger partial charge in [0.05, 0.1) is 27.2 Å². The molecule has 26 heavy (non-hydrogen) atoms. The molecular formula is C18H17ClFNO3S2. The van der Waals surface area contributed by atoms with Crippen molar-refractivity contribution in [3.8, 4) is 0 Å². The zero-order chi connectivity index (χ0) is 19.1. The van der Waals surface area contributed by atoms with E-state index in [-0.39, 0.29) is 16.5 Å². The maximum atomic E-state index is 13.7. The summed E-state index contributed by atoms with van der Waals surface area (Å²) in [4.78, 5) is 0.152. The quantitative estimate of drug-likeness (QED) is 0.735. The Labute approximate surface area is 162 Å². The molecule has 0 aliphatic heterocycles. The van der Waals surface area contributed by atoms with Gasteiger partial charge in [-0.3, -0.25) is 0 Å². The highest BCUT2D eigenvalue weighted by Crippen LogP contribution is 2.64. The molecule has 2 N–H and O–H groups in total.